The number of aliphatic hydroxyl groups is 1. The first-order valence-electron chi connectivity index (χ1n) is 12.9. The fourth-order valence-corrected chi connectivity index (χ4v) is 8.66. The topological polar surface area (TPSA) is 55.8 Å². The molecule has 1 saturated heterocycles. The van der Waals surface area contributed by atoms with E-state index in [4.69, 9.17) is 9.47 Å². The van der Waals surface area contributed by atoms with Crippen molar-refractivity contribution in [1.82, 2.24) is 0 Å². The summed E-state index contributed by atoms with van der Waals surface area (Å²) in [5.41, 5.74) is 0.774. The van der Waals surface area contributed by atoms with Gasteiger partial charge >= 0.3 is 11.9 Å². The average molecular weight is 512 g/mol. The SMILES string of the molecule is CC(C)(C)c1ccc([S+]2CCOCC2)cc1.CC(F)(F)C(=O)OCC12CC3CC(CC(O)(C3)C1)C2. The monoisotopic (exact) mass is 511 g/mol. The second-order valence-electron chi connectivity index (χ2n) is 12.4. The third-order valence-corrected chi connectivity index (χ3v) is 10.3. The molecule has 1 aliphatic heterocycles. The molecule has 2 unspecified atom stereocenters. The molecule has 1 aromatic carbocycles. The molecule has 1 aromatic rings. The minimum Gasteiger partial charge on any atom is -0.461 e. The molecule has 1 N–H and O–H groups in total. The van der Waals surface area contributed by atoms with Crippen molar-refractivity contribution in [2.24, 2.45) is 17.3 Å². The molecule has 0 amide bonds. The Morgan fingerprint density at radius 2 is 1.63 bits per heavy atom. The molecule has 2 atom stereocenters. The van der Waals surface area contributed by atoms with Gasteiger partial charge in [0.2, 0.25) is 0 Å². The van der Waals surface area contributed by atoms with Gasteiger partial charge in [-0.25, -0.2) is 4.79 Å². The highest BCUT2D eigenvalue weighted by molar-refractivity contribution is 7.97. The van der Waals surface area contributed by atoms with Gasteiger partial charge in [0.05, 0.1) is 25.4 Å². The predicted molar refractivity (Wildman–Crippen MR) is 135 cm³/mol. The molecule has 6 rings (SSSR count). The number of hydrogen-bond donors (Lipinski definition) is 1. The van der Waals surface area contributed by atoms with Gasteiger partial charge in [0.25, 0.3) is 0 Å². The van der Waals surface area contributed by atoms with Gasteiger partial charge in [-0.05, 0) is 73.5 Å². The van der Waals surface area contributed by atoms with Crippen molar-refractivity contribution in [1.29, 1.82) is 0 Å². The van der Waals surface area contributed by atoms with Gasteiger partial charge in [-0.2, -0.15) is 8.78 Å². The number of halogens is 2. The first-order chi connectivity index (χ1) is 16.3. The first-order valence-corrected chi connectivity index (χ1v) is 14.5. The van der Waals surface area contributed by atoms with Gasteiger partial charge in [-0.1, -0.05) is 32.9 Å². The molecule has 0 aromatic heterocycles. The molecule has 5 aliphatic rings. The first kappa shape index (κ1) is 26.9. The molecule has 35 heavy (non-hydrogen) atoms. The van der Waals surface area contributed by atoms with Crippen molar-refractivity contribution in [2.75, 3.05) is 31.3 Å². The lowest BCUT2D eigenvalue weighted by Gasteiger charge is -2.59. The standard InChI is InChI=1S/C14H20F2O3.C14H21OS/c1-12(15,16)11(17)19-8-13-3-9-2-10(4-13)6-14(18,5-9)7-13;1-14(2,3)12-4-6-13(7-5-12)16-10-8-15-9-11-16/h9-10,18H,2-8H2,1H3;4-7H,8-11H2,1-3H3/q;+1. The zero-order valence-electron chi connectivity index (χ0n) is 21.6. The molecular formula is C28H41F2O4S+. The number of carbonyl (C=O) groups excluding carboxylic acids is 1. The van der Waals surface area contributed by atoms with Crippen molar-refractivity contribution < 1.29 is 28.2 Å². The fraction of sp³-hybridized carbons (Fsp3) is 0.750. The maximum Gasteiger partial charge on any atom is 0.376 e. The Morgan fingerprint density at radius 1 is 1.06 bits per heavy atom. The summed E-state index contributed by atoms with van der Waals surface area (Å²) in [6.45, 7) is 9.25. The van der Waals surface area contributed by atoms with Gasteiger partial charge in [0.1, 0.15) is 11.5 Å². The number of ether oxygens (including phenoxy) is 2. The van der Waals surface area contributed by atoms with Crippen LogP contribution in [-0.4, -0.2) is 53.9 Å². The molecule has 1 heterocycles. The van der Waals surface area contributed by atoms with Gasteiger partial charge in [-0.3, -0.25) is 0 Å². The maximum atomic E-state index is 12.8. The largest absolute Gasteiger partial charge is 0.461 e. The third-order valence-electron chi connectivity index (χ3n) is 8.02. The van der Waals surface area contributed by atoms with Gasteiger partial charge < -0.3 is 14.6 Å². The van der Waals surface area contributed by atoms with Crippen LogP contribution in [0.1, 0.15) is 71.8 Å². The molecule has 0 spiro atoms. The number of hydrogen-bond acceptors (Lipinski definition) is 4. The number of benzene rings is 1. The Bertz CT molecular complexity index is 870. The van der Waals surface area contributed by atoms with Crippen molar-refractivity contribution >= 4 is 16.9 Å². The second-order valence-corrected chi connectivity index (χ2v) is 14.7. The van der Waals surface area contributed by atoms with E-state index in [1.807, 2.05) is 0 Å². The van der Waals surface area contributed by atoms with Crippen LogP contribution in [0.5, 0.6) is 0 Å². The minimum atomic E-state index is -3.43. The second kappa shape index (κ2) is 9.94. The highest BCUT2D eigenvalue weighted by Gasteiger charge is 2.57. The molecule has 4 bridgehead atoms. The summed E-state index contributed by atoms with van der Waals surface area (Å²) >= 11 is 0. The maximum absolute atomic E-state index is 12.8. The number of rotatable bonds is 4. The highest BCUT2D eigenvalue weighted by Crippen LogP contribution is 2.61. The lowest BCUT2D eigenvalue weighted by molar-refractivity contribution is -0.197. The summed E-state index contributed by atoms with van der Waals surface area (Å²) in [5.74, 6) is -1.54. The lowest BCUT2D eigenvalue weighted by atomic mass is 9.48. The Kier molecular flexibility index (Phi) is 7.63. The van der Waals surface area contributed by atoms with Crippen LogP contribution in [0.2, 0.25) is 0 Å². The van der Waals surface area contributed by atoms with Gasteiger partial charge in [-0.15, -0.1) is 0 Å². The Hall–Kier alpha value is -1.18. The molecule has 196 valence electrons. The summed E-state index contributed by atoms with van der Waals surface area (Å²) in [6.07, 6.45) is 5.16. The predicted octanol–water partition coefficient (Wildman–Crippen LogP) is 5.51. The third kappa shape index (κ3) is 6.58. The summed E-state index contributed by atoms with van der Waals surface area (Å²) in [7, 11) is 0.432. The number of carbonyl (C=O) groups is 1. The Morgan fingerprint density at radius 3 is 2.11 bits per heavy atom. The van der Waals surface area contributed by atoms with E-state index in [2.05, 4.69) is 45.0 Å². The van der Waals surface area contributed by atoms with E-state index in [1.165, 1.54) is 22.0 Å². The zero-order chi connectivity index (χ0) is 25.5. The van der Waals surface area contributed by atoms with Crippen LogP contribution in [-0.2, 0) is 30.6 Å². The van der Waals surface area contributed by atoms with Crippen LogP contribution in [0.4, 0.5) is 8.78 Å². The van der Waals surface area contributed by atoms with Crippen LogP contribution in [0.3, 0.4) is 0 Å². The van der Waals surface area contributed by atoms with Crippen LogP contribution >= 0.6 is 0 Å². The molecule has 4 nitrogen and oxygen atoms in total. The Labute approximate surface area is 211 Å². The average Bonchev–Trinajstić information content (AvgIpc) is 2.76. The van der Waals surface area contributed by atoms with E-state index in [0.717, 1.165) is 45.3 Å². The molecule has 4 saturated carbocycles. The lowest BCUT2D eigenvalue weighted by Crippen LogP contribution is -2.57. The molecule has 7 heteroatoms. The van der Waals surface area contributed by atoms with Gasteiger partial charge in [0.15, 0.2) is 4.90 Å². The molecular weight excluding hydrogens is 470 g/mol. The van der Waals surface area contributed by atoms with E-state index in [0.29, 0.717) is 36.1 Å². The number of alkyl halides is 2. The van der Waals surface area contributed by atoms with E-state index in [9.17, 15) is 18.7 Å². The van der Waals surface area contributed by atoms with E-state index < -0.39 is 17.5 Å². The van der Waals surface area contributed by atoms with Crippen molar-refractivity contribution in [3.8, 4) is 0 Å². The van der Waals surface area contributed by atoms with Crippen molar-refractivity contribution in [3.05, 3.63) is 29.8 Å². The quantitative estimate of drug-likeness (QED) is 0.428. The van der Waals surface area contributed by atoms with Crippen molar-refractivity contribution in [2.45, 2.75) is 88.1 Å². The number of esters is 1. The molecule has 5 fully saturated rings. The van der Waals surface area contributed by atoms with E-state index in [1.54, 1.807) is 0 Å². The summed E-state index contributed by atoms with van der Waals surface area (Å²) in [6, 6.07) is 9.21. The van der Waals surface area contributed by atoms with Crippen LogP contribution in [0, 0.1) is 17.3 Å². The fourth-order valence-electron chi connectivity index (χ4n) is 6.82. The Balaban J connectivity index is 0.000000168. The van der Waals surface area contributed by atoms with Crippen LogP contribution < -0.4 is 0 Å². The molecule has 4 aliphatic carbocycles. The zero-order valence-corrected chi connectivity index (χ0v) is 22.4. The summed E-state index contributed by atoms with van der Waals surface area (Å²) in [5, 5.41) is 10.5. The molecule has 0 radical (unpaired) electrons. The normalized spacial score (nSPS) is 32.7. The van der Waals surface area contributed by atoms with Crippen LogP contribution in [0.15, 0.2) is 29.2 Å². The van der Waals surface area contributed by atoms with E-state index in [-0.39, 0.29) is 17.4 Å². The highest BCUT2D eigenvalue weighted by atomic mass is 32.2. The van der Waals surface area contributed by atoms with Crippen molar-refractivity contribution in [3.63, 3.8) is 0 Å². The smallest absolute Gasteiger partial charge is 0.376 e. The van der Waals surface area contributed by atoms with Gasteiger partial charge in [0, 0.05) is 23.2 Å². The summed E-state index contributed by atoms with van der Waals surface area (Å²) in [4.78, 5) is 12.7. The summed E-state index contributed by atoms with van der Waals surface area (Å²) < 4.78 is 35.9. The van der Waals surface area contributed by atoms with Crippen LogP contribution in [0.25, 0.3) is 0 Å². The minimum absolute atomic E-state index is 0.0323. The van der Waals surface area contributed by atoms with E-state index >= 15 is 0 Å².